The van der Waals surface area contributed by atoms with Gasteiger partial charge in [-0.25, -0.2) is 4.98 Å². The molecule has 0 atom stereocenters. The van der Waals surface area contributed by atoms with Gasteiger partial charge < -0.3 is 15.0 Å². The summed E-state index contributed by atoms with van der Waals surface area (Å²) in [5, 5.41) is 3.31. The van der Waals surface area contributed by atoms with Gasteiger partial charge in [-0.1, -0.05) is 6.07 Å². The third-order valence-electron chi connectivity index (χ3n) is 3.73. The van der Waals surface area contributed by atoms with Gasteiger partial charge in [0, 0.05) is 25.0 Å². The van der Waals surface area contributed by atoms with Crippen LogP contribution in [-0.2, 0) is 4.74 Å². The molecule has 114 valence electrons. The summed E-state index contributed by atoms with van der Waals surface area (Å²) in [4.78, 5) is 11.4. The van der Waals surface area contributed by atoms with Crippen LogP contribution in [0.2, 0.25) is 0 Å². The smallest absolute Gasteiger partial charge is 0.229 e. The molecule has 1 aromatic heterocycles. The normalized spacial score (nSPS) is 14.9. The molecule has 0 unspecified atom stereocenters. The van der Waals surface area contributed by atoms with Gasteiger partial charge >= 0.3 is 0 Å². The molecule has 1 aromatic carbocycles. The Kier molecular flexibility index (Phi) is 4.29. The van der Waals surface area contributed by atoms with Gasteiger partial charge in [-0.3, -0.25) is 0 Å². The highest BCUT2D eigenvalue weighted by Gasteiger charge is 2.15. The minimum absolute atomic E-state index is 0.636. The average molecular weight is 296 g/mol. The number of aryl methyl sites for hydroxylation is 2. The maximum atomic E-state index is 5.41. The van der Waals surface area contributed by atoms with E-state index in [0.29, 0.717) is 5.95 Å². The number of benzene rings is 1. The van der Waals surface area contributed by atoms with E-state index in [4.69, 9.17) is 9.72 Å². The maximum Gasteiger partial charge on any atom is 0.229 e. The molecule has 1 aliphatic rings. The summed E-state index contributed by atoms with van der Waals surface area (Å²) in [5.74, 6) is 1.63. The zero-order chi connectivity index (χ0) is 15.5. The molecule has 1 fully saturated rings. The lowest BCUT2D eigenvalue weighted by atomic mass is 9.98. The average Bonchev–Trinajstić information content (AvgIpc) is 2.49. The lowest BCUT2D eigenvalue weighted by molar-refractivity contribution is 0.122. The Morgan fingerprint density at radius 2 is 1.82 bits per heavy atom. The van der Waals surface area contributed by atoms with Crippen LogP contribution in [0.25, 0.3) is 0 Å². The van der Waals surface area contributed by atoms with E-state index in [-0.39, 0.29) is 0 Å². The molecule has 22 heavy (non-hydrogen) atoms. The number of nitrogens with one attached hydrogen (secondary N) is 1. The van der Waals surface area contributed by atoms with Crippen LogP contribution in [-0.4, -0.2) is 44.1 Å². The van der Waals surface area contributed by atoms with Crippen molar-refractivity contribution in [3.05, 3.63) is 35.5 Å². The Labute approximate surface area is 132 Å². The number of morpholine rings is 1. The molecule has 2 heterocycles. The summed E-state index contributed by atoms with van der Waals surface area (Å²) >= 11 is 0. The summed E-state index contributed by atoms with van der Waals surface area (Å²) in [5.41, 5.74) is 4.56. The molecule has 1 aliphatic heterocycles. The van der Waals surface area contributed by atoms with Gasteiger partial charge in [-0.05, 0) is 42.6 Å². The lowest BCUT2D eigenvalue weighted by Gasteiger charge is -2.29. The minimum Gasteiger partial charge on any atom is -0.378 e. The van der Waals surface area contributed by atoms with Crippen LogP contribution in [0.1, 0.15) is 11.1 Å². The highest BCUT2D eigenvalue weighted by Crippen LogP contribution is 2.18. The fourth-order valence-electron chi connectivity index (χ4n) is 2.76. The molecule has 6 heteroatoms. The Balaban J connectivity index is 1.85. The Hall–Kier alpha value is -2.08. The number of rotatable bonds is 3. The second-order valence-corrected chi connectivity index (χ2v) is 5.80. The molecule has 0 saturated carbocycles. The van der Waals surface area contributed by atoms with Gasteiger partial charge in [-0.15, -0.1) is 0 Å². The van der Waals surface area contributed by atoms with Crippen molar-refractivity contribution in [3.63, 3.8) is 0 Å². The number of anilines is 3. The van der Waals surface area contributed by atoms with E-state index in [1.807, 2.05) is 14.0 Å². The van der Waals surface area contributed by atoms with Crippen molar-refractivity contribution in [1.29, 1.82) is 0 Å². The zero-order valence-electron chi connectivity index (χ0n) is 13.4. The number of aromatic nitrogens is 2. The molecule has 0 aliphatic carbocycles. The van der Waals surface area contributed by atoms with Gasteiger partial charge in [0.2, 0.25) is 5.95 Å². The van der Waals surface area contributed by atoms with Crippen molar-refractivity contribution in [2.75, 3.05) is 36.5 Å². The topological polar surface area (TPSA) is 50.3 Å². The molecule has 0 amide bonds. The number of ether oxygens (including phenoxy) is 1. The molecule has 0 radical (unpaired) electrons. The van der Waals surface area contributed by atoms with E-state index in [0.717, 1.165) is 43.3 Å². The fourth-order valence-corrected chi connectivity index (χ4v) is 2.76. The Morgan fingerprint density at radius 3 is 2.50 bits per heavy atom. The predicted molar refractivity (Wildman–Crippen MR) is 92.4 cm³/mol. The molecule has 3 rings (SSSR count). The first-order chi connectivity index (χ1) is 10.6. The fraction of sp³-hybridized carbons (Fsp3) is 0.375. The molecule has 1 N–H and O–H groups in total. The van der Waals surface area contributed by atoms with Crippen LogP contribution >= 0.6 is 0 Å². The van der Waals surface area contributed by atoms with E-state index in [1.165, 1.54) is 11.1 Å². The van der Waals surface area contributed by atoms with E-state index in [2.05, 4.69) is 47.2 Å². The third kappa shape index (κ3) is 3.39. The molecular weight excluding hydrogens is 275 g/mol. The number of hydrogen-bond acceptors (Lipinski definition) is 5. The van der Waals surface area contributed by atoms with Crippen molar-refractivity contribution < 1.29 is 4.74 Å². The molecule has 1 saturated heterocycles. The Bertz CT molecular complexity index is 651. The van der Waals surface area contributed by atoms with Crippen LogP contribution < -0.4 is 15.7 Å². The second-order valence-electron chi connectivity index (χ2n) is 5.80. The highest BCUT2D eigenvalue weighted by molar-refractivity contribution is 6.35. The zero-order valence-corrected chi connectivity index (χ0v) is 13.4. The first-order valence-electron chi connectivity index (χ1n) is 7.63. The van der Waals surface area contributed by atoms with Gasteiger partial charge in [-0.2, -0.15) is 4.98 Å². The molecule has 2 aromatic rings. The molecule has 5 nitrogen and oxygen atoms in total. The van der Waals surface area contributed by atoms with E-state index in [9.17, 15) is 0 Å². The van der Waals surface area contributed by atoms with Crippen molar-refractivity contribution in [2.24, 2.45) is 0 Å². The summed E-state index contributed by atoms with van der Waals surface area (Å²) in [6.07, 6.45) is 1.88. The SMILES string of the molecule is Bc1cnc(Nc2cc(C)cc(C)c2)nc1N1CCOCC1. The van der Waals surface area contributed by atoms with Gasteiger partial charge in [0.15, 0.2) is 0 Å². The van der Waals surface area contributed by atoms with E-state index in [1.54, 1.807) is 0 Å². The summed E-state index contributed by atoms with van der Waals surface area (Å²) in [7, 11) is 2.05. The number of hydrogen-bond donors (Lipinski definition) is 1. The minimum atomic E-state index is 0.636. The van der Waals surface area contributed by atoms with Crippen molar-refractivity contribution >= 4 is 30.8 Å². The van der Waals surface area contributed by atoms with Crippen LogP contribution in [0.4, 0.5) is 17.5 Å². The van der Waals surface area contributed by atoms with Crippen molar-refractivity contribution in [1.82, 2.24) is 9.97 Å². The standard InChI is InChI=1S/C16H21BN4O/c1-11-7-12(2)9-13(8-11)19-16-18-10-14(17)15(20-16)21-3-5-22-6-4-21/h7-10H,3-6,17H2,1-2H3,(H,18,19,20). The quantitative estimate of drug-likeness (QED) is 0.854. The summed E-state index contributed by atoms with van der Waals surface area (Å²) in [6.45, 7) is 7.44. The molecule has 0 spiro atoms. The highest BCUT2D eigenvalue weighted by atomic mass is 16.5. The van der Waals surface area contributed by atoms with Crippen molar-refractivity contribution in [2.45, 2.75) is 13.8 Å². The summed E-state index contributed by atoms with van der Waals surface area (Å²) < 4.78 is 5.41. The van der Waals surface area contributed by atoms with E-state index >= 15 is 0 Å². The van der Waals surface area contributed by atoms with Gasteiger partial charge in [0.05, 0.1) is 13.2 Å². The largest absolute Gasteiger partial charge is 0.378 e. The van der Waals surface area contributed by atoms with Crippen LogP contribution in [0, 0.1) is 13.8 Å². The monoisotopic (exact) mass is 296 g/mol. The van der Waals surface area contributed by atoms with Crippen molar-refractivity contribution in [3.8, 4) is 0 Å². The number of nitrogens with zero attached hydrogens (tertiary/aromatic N) is 3. The second kappa shape index (κ2) is 6.36. The molecule has 0 bridgehead atoms. The third-order valence-corrected chi connectivity index (χ3v) is 3.73. The lowest BCUT2D eigenvalue weighted by Crippen LogP contribution is -2.39. The predicted octanol–water partition coefficient (Wildman–Crippen LogP) is 0.932. The summed E-state index contributed by atoms with van der Waals surface area (Å²) in [6, 6.07) is 6.36. The first kappa shape index (κ1) is 14.8. The molecular formula is C16H21BN4O. The van der Waals surface area contributed by atoms with Crippen LogP contribution in [0.15, 0.2) is 24.4 Å². The first-order valence-corrected chi connectivity index (χ1v) is 7.63. The van der Waals surface area contributed by atoms with Crippen LogP contribution in [0.5, 0.6) is 0 Å². The Morgan fingerprint density at radius 1 is 1.14 bits per heavy atom. The van der Waals surface area contributed by atoms with Gasteiger partial charge in [0.1, 0.15) is 13.7 Å². The maximum absolute atomic E-state index is 5.41. The van der Waals surface area contributed by atoms with Gasteiger partial charge in [0.25, 0.3) is 0 Å². The van der Waals surface area contributed by atoms with E-state index < -0.39 is 0 Å². The van der Waals surface area contributed by atoms with Crippen LogP contribution in [0.3, 0.4) is 0 Å².